The quantitative estimate of drug-likeness (QED) is 0.784. The largest absolute Gasteiger partial charge is 0.484 e. The molecule has 0 aliphatic carbocycles. The van der Waals surface area contributed by atoms with Crippen LogP contribution >= 0.6 is 27.5 Å². The Morgan fingerprint density at radius 2 is 2.21 bits per heavy atom. The SMILES string of the molecule is O=C(COc1ccc(Cl)cc1)N1CCOC(CBr)C1. The number of nitrogens with zero attached hydrogens (tertiary/aromatic N) is 1. The first-order chi connectivity index (χ1) is 9.19. The van der Waals surface area contributed by atoms with Crippen LogP contribution in [0.25, 0.3) is 0 Å². The minimum Gasteiger partial charge on any atom is -0.484 e. The fourth-order valence-electron chi connectivity index (χ4n) is 1.81. The molecule has 0 spiro atoms. The van der Waals surface area contributed by atoms with Gasteiger partial charge in [-0.15, -0.1) is 0 Å². The van der Waals surface area contributed by atoms with E-state index in [-0.39, 0.29) is 18.6 Å². The highest BCUT2D eigenvalue weighted by Crippen LogP contribution is 2.16. The van der Waals surface area contributed by atoms with Gasteiger partial charge in [-0.25, -0.2) is 0 Å². The number of alkyl halides is 1. The van der Waals surface area contributed by atoms with Crippen molar-refractivity contribution in [2.75, 3.05) is 31.6 Å². The summed E-state index contributed by atoms with van der Waals surface area (Å²) in [7, 11) is 0. The third-order valence-corrected chi connectivity index (χ3v) is 3.81. The highest BCUT2D eigenvalue weighted by Gasteiger charge is 2.23. The van der Waals surface area contributed by atoms with Gasteiger partial charge in [-0.1, -0.05) is 27.5 Å². The lowest BCUT2D eigenvalue weighted by Gasteiger charge is -2.32. The number of carbonyl (C=O) groups is 1. The molecule has 1 atom stereocenters. The number of rotatable bonds is 4. The molecule has 0 aromatic heterocycles. The lowest BCUT2D eigenvalue weighted by molar-refractivity contribution is -0.140. The van der Waals surface area contributed by atoms with Gasteiger partial charge in [0.1, 0.15) is 5.75 Å². The Bertz CT molecular complexity index is 426. The molecule has 4 nitrogen and oxygen atoms in total. The smallest absolute Gasteiger partial charge is 0.260 e. The second-order valence-electron chi connectivity index (χ2n) is 4.23. The minimum atomic E-state index is -0.0239. The van der Waals surface area contributed by atoms with Gasteiger partial charge < -0.3 is 14.4 Å². The number of morpholine rings is 1. The first kappa shape index (κ1) is 14.6. The number of ether oxygens (including phenoxy) is 2. The van der Waals surface area contributed by atoms with Crippen LogP contribution in [-0.4, -0.2) is 48.5 Å². The summed E-state index contributed by atoms with van der Waals surface area (Å²) in [5, 5.41) is 1.38. The van der Waals surface area contributed by atoms with Gasteiger partial charge in [-0.2, -0.15) is 0 Å². The van der Waals surface area contributed by atoms with E-state index in [1.54, 1.807) is 29.2 Å². The standard InChI is InChI=1S/C13H15BrClNO3/c14-7-12-8-16(5-6-18-12)13(17)9-19-11-3-1-10(15)2-4-11/h1-4,12H,5-9H2. The third-order valence-electron chi connectivity index (χ3n) is 2.84. The Morgan fingerprint density at radius 3 is 2.89 bits per heavy atom. The van der Waals surface area contributed by atoms with Gasteiger partial charge in [-0.3, -0.25) is 4.79 Å². The minimum absolute atomic E-state index is 0.0239. The summed E-state index contributed by atoms with van der Waals surface area (Å²) < 4.78 is 10.9. The molecule has 19 heavy (non-hydrogen) atoms. The highest BCUT2D eigenvalue weighted by molar-refractivity contribution is 9.09. The van der Waals surface area contributed by atoms with Gasteiger partial charge in [0.25, 0.3) is 5.91 Å². The normalized spacial score (nSPS) is 19.3. The van der Waals surface area contributed by atoms with E-state index in [1.807, 2.05) is 0 Å². The van der Waals surface area contributed by atoms with Crippen LogP contribution in [-0.2, 0) is 9.53 Å². The number of amides is 1. The van der Waals surface area contributed by atoms with Crippen LogP contribution in [0.5, 0.6) is 5.75 Å². The summed E-state index contributed by atoms with van der Waals surface area (Å²) >= 11 is 9.14. The first-order valence-electron chi connectivity index (χ1n) is 6.03. The molecule has 104 valence electrons. The molecule has 0 saturated carbocycles. The average molecular weight is 349 g/mol. The van der Waals surface area contributed by atoms with Crippen molar-refractivity contribution >= 4 is 33.4 Å². The first-order valence-corrected chi connectivity index (χ1v) is 7.52. The van der Waals surface area contributed by atoms with E-state index < -0.39 is 0 Å². The van der Waals surface area contributed by atoms with Crippen LogP contribution in [0.4, 0.5) is 0 Å². The summed E-state index contributed by atoms with van der Waals surface area (Å²) in [6.45, 7) is 1.83. The maximum Gasteiger partial charge on any atom is 0.260 e. The number of halogens is 2. The van der Waals surface area contributed by atoms with Crippen molar-refractivity contribution in [3.8, 4) is 5.75 Å². The van der Waals surface area contributed by atoms with Crippen LogP contribution in [0.3, 0.4) is 0 Å². The summed E-state index contributed by atoms with van der Waals surface area (Å²) in [5.74, 6) is 0.618. The van der Waals surface area contributed by atoms with Crippen LogP contribution in [0, 0.1) is 0 Å². The van der Waals surface area contributed by atoms with E-state index in [1.165, 1.54) is 0 Å². The number of carbonyl (C=O) groups excluding carboxylic acids is 1. The van der Waals surface area contributed by atoms with Crippen molar-refractivity contribution in [2.24, 2.45) is 0 Å². The Morgan fingerprint density at radius 1 is 1.47 bits per heavy atom. The molecule has 1 heterocycles. The van der Waals surface area contributed by atoms with E-state index in [9.17, 15) is 4.79 Å². The van der Waals surface area contributed by atoms with E-state index in [4.69, 9.17) is 21.1 Å². The van der Waals surface area contributed by atoms with Crippen LogP contribution < -0.4 is 4.74 Å². The third kappa shape index (κ3) is 4.37. The fourth-order valence-corrected chi connectivity index (χ4v) is 2.32. The van der Waals surface area contributed by atoms with Crippen molar-refractivity contribution in [3.05, 3.63) is 29.3 Å². The zero-order valence-corrected chi connectivity index (χ0v) is 12.7. The topological polar surface area (TPSA) is 38.8 Å². The summed E-state index contributed by atoms with van der Waals surface area (Å²) in [5.41, 5.74) is 0. The van der Waals surface area contributed by atoms with E-state index in [0.717, 1.165) is 5.33 Å². The Kier molecular flexibility index (Phi) is 5.48. The van der Waals surface area contributed by atoms with Crippen LogP contribution in [0.1, 0.15) is 0 Å². The van der Waals surface area contributed by atoms with Gasteiger partial charge in [0.15, 0.2) is 6.61 Å². The molecule has 2 rings (SSSR count). The van der Waals surface area contributed by atoms with Gasteiger partial charge in [-0.05, 0) is 24.3 Å². The zero-order chi connectivity index (χ0) is 13.7. The Hall–Kier alpha value is -0.780. The van der Waals surface area contributed by atoms with Crippen molar-refractivity contribution in [1.29, 1.82) is 0 Å². The maximum absolute atomic E-state index is 12.0. The second kappa shape index (κ2) is 7.12. The summed E-state index contributed by atoms with van der Waals surface area (Å²) in [6.07, 6.45) is 0.0632. The number of benzene rings is 1. The molecule has 1 aromatic rings. The Balaban J connectivity index is 1.82. The van der Waals surface area contributed by atoms with Gasteiger partial charge >= 0.3 is 0 Å². The lowest BCUT2D eigenvalue weighted by Crippen LogP contribution is -2.47. The second-order valence-corrected chi connectivity index (χ2v) is 5.31. The van der Waals surface area contributed by atoms with E-state index in [0.29, 0.717) is 30.5 Å². The van der Waals surface area contributed by atoms with Gasteiger partial charge in [0.05, 0.1) is 12.7 Å². The number of hydrogen-bond acceptors (Lipinski definition) is 3. The maximum atomic E-state index is 12.0. The molecule has 1 aliphatic rings. The highest BCUT2D eigenvalue weighted by atomic mass is 79.9. The molecule has 1 saturated heterocycles. The molecule has 0 radical (unpaired) electrons. The van der Waals surface area contributed by atoms with Crippen molar-refractivity contribution < 1.29 is 14.3 Å². The molecule has 0 N–H and O–H groups in total. The molecular formula is C13H15BrClNO3. The summed E-state index contributed by atoms with van der Waals surface area (Å²) in [6, 6.07) is 6.96. The lowest BCUT2D eigenvalue weighted by atomic mass is 10.3. The predicted molar refractivity (Wildman–Crippen MR) is 77.1 cm³/mol. The molecule has 1 unspecified atom stereocenters. The monoisotopic (exact) mass is 347 g/mol. The molecule has 6 heteroatoms. The molecule has 1 fully saturated rings. The predicted octanol–water partition coefficient (Wildman–Crippen LogP) is 2.34. The zero-order valence-electron chi connectivity index (χ0n) is 10.4. The van der Waals surface area contributed by atoms with Crippen molar-refractivity contribution in [1.82, 2.24) is 4.90 Å². The fraction of sp³-hybridized carbons (Fsp3) is 0.462. The molecule has 1 aromatic carbocycles. The average Bonchev–Trinajstić information content (AvgIpc) is 2.46. The molecule has 0 bridgehead atoms. The summed E-state index contributed by atoms with van der Waals surface area (Å²) in [4.78, 5) is 13.8. The van der Waals surface area contributed by atoms with E-state index in [2.05, 4.69) is 15.9 Å². The van der Waals surface area contributed by atoms with Gasteiger partial charge in [0.2, 0.25) is 0 Å². The molecular weight excluding hydrogens is 334 g/mol. The molecule has 1 amide bonds. The van der Waals surface area contributed by atoms with E-state index >= 15 is 0 Å². The van der Waals surface area contributed by atoms with Crippen LogP contribution in [0.2, 0.25) is 5.02 Å². The Labute approximate surface area is 125 Å². The molecule has 1 aliphatic heterocycles. The van der Waals surface area contributed by atoms with Crippen molar-refractivity contribution in [2.45, 2.75) is 6.10 Å². The van der Waals surface area contributed by atoms with Gasteiger partial charge in [0, 0.05) is 23.4 Å². The number of hydrogen-bond donors (Lipinski definition) is 0. The van der Waals surface area contributed by atoms with Crippen molar-refractivity contribution in [3.63, 3.8) is 0 Å². The van der Waals surface area contributed by atoms with Crippen LogP contribution in [0.15, 0.2) is 24.3 Å².